The molecule has 84 valence electrons. The molecule has 0 aliphatic carbocycles. The molecule has 1 aliphatic heterocycles. The van der Waals surface area contributed by atoms with Gasteiger partial charge in [0.2, 0.25) is 0 Å². The summed E-state index contributed by atoms with van der Waals surface area (Å²) < 4.78 is 0. The third-order valence-corrected chi connectivity index (χ3v) is 4.18. The second kappa shape index (κ2) is 5.05. The SMILES string of the molecule is Cc1ncsc1CCN1CCC[C@@H]1CO. The van der Waals surface area contributed by atoms with Gasteiger partial charge in [0, 0.05) is 17.5 Å². The lowest BCUT2D eigenvalue weighted by atomic mass is 10.2. The summed E-state index contributed by atoms with van der Waals surface area (Å²) in [6, 6.07) is 0.401. The lowest BCUT2D eigenvalue weighted by Gasteiger charge is -2.22. The molecule has 0 spiro atoms. The molecule has 0 saturated carbocycles. The first kappa shape index (κ1) is 11.0. The minimum absolute atomic E-state index is 0.307. The summed E-state index contributed by atoms with van der Waals surface area (Å²) in [6.45, 7) is 4.58. The smallest absolute Gasteiger partial charge is 0.0797 e. The number of aromatic nitrogens is 1. The maximum atomic E-state index is 9.20. The largest absolute Gasteiger partial charge is 0.395 e. The Morgan fingerprint density at radius 1 is 1.67 bits per heavy atom. The van der Waals surface area contributed by atoms with Gasteiger partial charge in [0.1, 0.15) is 0 Å². The highest BCUT2D eigenvalue weighted by Crippen LogP contribution is 2.19. The van der Waals surface area contributed by atoms with Crippen LogP contribution in [0, 0.1) is 6.92 Å². The van der Waals surface area contributed by atoms with Crippen molar-refractivity contribution in [3.63, 3.8) is 0 Å². The lowest BCUT2D eigenvalue weighted by molar-refractivity contribution is 0.160. The van der Waals surface area contributed by atoms with Crippen LogP contribution in [0.4, 0.5) is 0 Å². The van der Waals surface area contributed by atoms with Crippen LogP contribution < -0.4 is 0 Å². The van der Waals surface area contributed by atoms with E-state index in [0.29, 0.717) is 12.6 Å². The maximum Gasteiger partial charge on any atom is 0.0797 e. The van der Waals surface area contributed by atoms with Crippen molar-refractivity contribution in [2.24, 2.45) is 0 Å². The molecular formula is C11H18N2OS. The van der Waals surface area contributed by atoms with E-state index in [-0.39, 0.29) is 0 Å². The monoisotopic (exact) mass is 226 g/mol. The van der Waals surface area contributed by atoms with E-state index in [4.69, 9.17) is 0 Å². The Morgan fingerprint density at radius 2 is 2.53 bits per heavy atom. The van der Waals surface area contributed by atoms with E-state index in [0.717, 1.165) is 25.9 Å². The summed E-state index contributed by atoms with van der Waals surface area (Å²) >= 11 is 1.74. The van der Waals surface area contributed by atoms with Gasteiger partial charge in [-0.15, -0.1) is 11.3 Å². The van der Waals surface area contributed by atoms with Gasteiger partial charge in [0.05, 0.1) is 17.8 Å². The molecule has 0 aromatic carbocycles. The third-order valence-electron chi connectivity index (χ3n) is 3.18. The number of aliphatic hydroxyl groups excluding tert-OH is 1. The van der Waals surface area contributed by atoms with Crippen molar-refractivity contribution < 1.29 is 5.11 Å². The Bertz CT molecular complexity index is 313. The van der Waals surface area contributed by atoms with Crippen LogP contribution in [-0.4, -0.2) is 40.7 Å². The van der Waals surface area contributed by atoms with E-state index in [2.05, 4.69) is 16.8 Å². The van der Waals surface area contributed by atoms with Crippen LogP contribution >= 0.6 is 11.3 Å². The van der Waals surface area contributed by atoms with E-state index in [1.165, 1.54) is 17.0 Å². The Morgan fingerprint density at radius 3 is 3.20 bits per heavy atom. The minimum Gasteiger partial charge on any atom is -0.395 e. The quantitative estimate of drug-likeness (QED) is 0.844. The van der Waals surface area contributed by atoms with Gasteiger partial charge in [-0.2, -0.15) is 0 Å². The molecule has 0 unspecified atom stereocenters. The number of rotatable bonds is 4. The van der Waals surface area contributed by atoms with Crippen LogP contribution in [-0.2, 0) is 6.42 Å². The first-order valence-electron chi connectivity index (χ1n) is 5.55. The highest BCUT2D eigenvalue weighted by molar-refractivity contribution is 7.09. The number of thiazole rings is 1. The normalized spacial score (nSPS) is 22.4. The molecular weight excluding hydrogens is 208 g/mol. The predicted molar refractivity (Wildman–Crippen MR) is 62.2 cm³/mol. The fraction of sp³-hybridized carbons (Fsp3) is 0.727. The fourth-order valence-corrected chi connectivity index (χ4v) is 2.98. The summed E-state index contributed by atoms with van der Waals surface area (Å²) in [4.78, 5) is 8.04. The number of nitrogens with zero attached hydrogens (tertiary/aromatic N) is 2. The molecule has 3 nitrogen and oxygen atoms in total. The average Bonchev–Trinajstić information content (AvgIpc) is 2.83. The van der Waals surface area contributed by atoms with Gasteiger partial charge in [0.15, 0.2) is 0 Å². The molecule has 1 atom stereocenters. The zero-order chi connectivity index (χ0) is 10.7. The van der Waals surface area contributed by atoms with E-state index in [9.17, 15) is 5.11 Å². The van der Waals surface area contributed by atoms with Crippen molar-refractivity contribution in [1.82, 2.24) is 9.88 Å². The minimum atomic E-state index is 0.307. The standard InChI is InChI=1S/C11H18N2OS/c1-9-11(15-8-12-9)4-6-13-5-2-3-10(13)7-14/h8,10,14H,2-7H2,1H3/t10-/m1/s1. The van der Waals surface area contributed by atoms with E-state index in [1.807, 2.05) is 5.51 Å². The van der Waals surface area contributed by atoms with Crippen molar-refractivity contribution in [1.29, 1.82) is 0 Å². The zero-order valence-corrected chi connectivity index (χ0v) is 9.96. The fourth-order valence-electron chi connectivity index (χ4n) is 2.21. The third kappa shape index (κ3) is 2.56. The van der Waals surface area contributed by atoms with Crippen LogP contribution in [0.25, 0.3) is 0 Å². The highest BCUT2D eigenvalue weighted by atomic mass is 32.1. The first-order chi connectivity index (χ1) is 7.31. The molecule has 2 heterocycles. The van der Waals surface area contributed by atoms with Crippen molar-refractivity contribution in [3.8, 4) is 0 Å². The van der Waals surface area contributed by atoms with Gasteiger partial charge in [0.25, 0.3) is 0 Å². The number of hydrogen-bond acceptors (Lipinski definition) is 4. The lowest BCUT2D eigenvalue weighted by Crippen LogP contribution is -2.33. The molecule has 1 aromatic rings. The van der Waals surface area contributed by atoms with Gasteiger partial charge in [-0.25, -0.2) is 4.98 Å². The van der Waals surface area contributed by atoms with Crippen molar-refractivity contribution in [2.45, 2.75) is 32.2 Å². The molecule has 1 aromatic heterocycles. The second-order valence-corrected chi connectivity index (χ2v) is 5.06. The van der Waals surface area contributed by atoms with Crippen molar-refractivity contribution >= 4 is 11.3 Å². The molecule has 1 aliphatic rings. The van der Waals surface area contributed by atoms with E-state index < -0.39 is 0 Å². The summed E-state index contributed by atoms with van der Waals surface area (Å²) in [5.74, 6) is 0. The van der Waals surface area contributed by atoms with Crippen LogP contribution in [0.2, 0.25) is 0 Å². The Hall–Kier alpha value is -0.450. The summed E-state index contributed by atoms with van der Waals surface area (Å²) in [5.41, 5.74) is 3.08. The van der Waals surface area contributed by atoms with Crippen LogP contribution in [0.1, 0.15) is 23.4 Å². The van der Waals surface area contributed by atoms with Gasteiger partial charge in [-0.1, -0.05) is 0 Å². The van der Waals surface area contributed by atoms with Gasteiger partial charge < -0.3 is 5.11 Å². The van der Waals surface area contributed by atoms with Crippen molar-refractivity contribution in [2.75, 3.05) is 19.7 Å². The molecule has 1 saturated heterocycles. The summed E-state index contributed by atoms with van der Waals surface area (Å²) in [5, 5.41) is 9.20. The summed E-state index contributed by atoms with van der Waals surface area (Å²) in [6.07, 6.45) is 3.46. The zero-order valence-electron chi connectivity index (χ0n) is 9.15. The van der Waals surface area contributed by atoms with Gasteiger partial charge in [-0.3, -0.25) is 4.90 Å². The Kier molecular flexibility index (Phi) is 3.72. The molecule has 1 fully saturated rings. The average molecular weight is 226 g/mol. The van der Waals surface area contributed by atoms with Gasteiger partial charge >= 0.3 is 0 Å². The molecule has 0 amide bonds. The molecule has 0 bridgehead atoms. The number of aryl methyl sites for hydroxylation is 1. The number of aliphatic hydroxyl groups is 1. The Labute approximate surface area is 94.8 Å². The van der Waals surface area contributed by atoms with Crippen molar-refractivity contribution in [3.05, 3.63) is 16.1 Å². The molecule has 1 N–H and O–H groups in total. The number of likely N-dealkylation sites (tertiary alicyclic amines) is 1. The molecule has 4 heteroatoms. The molecule has 2 rings (SSSR count). The predicted octanol–water partition coefficient (Wildman–Crippen LogP) is 1.45. The maximum absolute atomic E-state index is 9.20. The van der Waals surface area contributed by atoms with Crippen LogP contribution in [0.15, 0.2) is 5.51 Å². The van der Waals surface area contributed by atoms with E-state index in [1.54, 1.807) is 11.3 Å². The topological polar surface area (TPSA) is 36.4 Å². The summed E-state index contributed by atoms with van der Waals surface area (Å²) in [7, 11) is 0. The van der Waals surface area contributed by atoms with Crippen LogP contribution in [0.3, 0.4) is 0 Å². The number of hydrogen-bond donors (Lipinski definition) is 1. The Balaban J connectivity index is 1.85. The van der Waals surface area contributed by atoms with Gasteiger partial charge in [-0.05, 0) is 32.7 Å². The highest BCUT2D eigenvalue weighted by Gasteiger charge is 2.23. The molecule has 15 heavy (non-hydrogen) atoms. The first-order valence-corrected chi connectivity index (χ1v) is 6.43. The van der Waals surface area contributed by atoms with E-state index >= 15 is 0 Å². The van der Waals surface area contributed by atoms with Crippen LogP contribution in [0.5, 0.6) is 0 Å². The second-order valence-electron chi connectivity index (χ2n) is 4.13. The molecule has 0 radical (unpaired) electrons.